The van der Waals surface area contributed by atoms with Gasteiger partial charge in [-0.1, -0.05) is 103 Å². The number of imidazole rings is 1. The van der Waals surface area contributed by atoms with Gasteiger partial charge in [0.05, 0.1) is 16.4 Å². The largest absolute Gasteiger partial charge is 0.294 e. The number of hydrogen-bond acceptors (Lipinski definition) is 1. The Hall–Kier alpha value is -6.26. The minimum absolute atomic E-state index is 0.0764. The molecule has 0 unspecified atom stereocenters. The summed E-state index contributed by atoms with van der Waals surface area (Å²) in [6, 6.07) is 56.0. The fraction of sp³-hybridized carbons (Fsp3) is 0.125. The van der Waals surface area contributed by atoms with Crippen molar-refractivity contribution in [1.82, 2.24) is 14.1 Å². The Labute approximate surface area is 303 Å². The summed E-state index contributed by atoms with van der Waals surface area (Å²) in [5, 5.41) is 2.44. The van der Waals surface area contributed by atoms with Gasteiger partial charge in [-0.15, -0.1) is 0 Å². The zero-order valence-electron chi connectivity index (χ0n) is 29.9. The maximum absolute atomic E-state index is 4.90. The number of nitrogens with zero attached hydrogens (tertiary/aromatic N) is 4. The predicted octanol–water partition coefficient (Wildman–Crippen LogP) is 10.8. The van der Waals surface area contributed by atoms with Crippen LogP contribution >= 0.6 is 0 Å². The number of aryl methyl sites for hydroxylation is 1. The number of para-hydroxylation sites is 3. The van der Waals surface area contributed by atoms with E-state index in [0.717, 1.165) is 22.5 Å². The first-order chi connectivity index (χ1) is 25.3. The van der Waals surface area contributed by atoms with Gasteiger partial charge < -0.3 is 0 Å². The van der Waals surface area contributed by atoms with Crippen molar-refractivity contribution in [3.05, 3.63) is 192 Å². The molecule has 10 rings (SSSR count). The molecule has 52 heavy (non-hydrogen) atoms. The van der Waals surface area contributed by atoms with E-state index in [9.17, 15) is 0 Å². The second-order valence-corrected chi connectivity index (χ2v) is 15.2. The van der Waals surface area contributed by atoms with Crippen molar-refractivity contribution in [2.75, 3.05) is 0 Å². The van der Waals surface area contributed by atoms with Gasteiger partial charge in [-0.05, 0) is 115 Å². The number of hydrogen-bond donors (Lipinski definition) is 0. The van der Waals surface area contributed by atoms with Crippen LogP contribution in [-0.2, 0) is 11.0 Å². The van der Waals surface area contributed by atoms with Gasteiger partial charge in [-0.3, -0.25) is 4.57 Å². The molecule has 0 amide bonds. The molecule has 1 aliphatic rings. The highest BCUT2D eigenvalue weighted by molar-refractivity contribution is 6.09. The van der Waals surface area contributed by atoms with Crippen molar-refractivity contribution in [3.63, 3.8) is 0 Å². The van der Waals surface area contributed by atoms with Crippen molar-refractivity contribution in [2.45, 2.75) is 38.6 Å². The van der Waals surface area contributed by atoms with Crippen LogP contribution in [0.3, 0.4) is 0 Å². The lowest BCUT2D eigenvalue weighted by Gasteiger charge is -2.34. The monoisotopic (exact) mass is 671 g/mol. The van der Waals surface area contributed by atoms with Crippen LogP contribution in [0.2, 0.25) is 0 Å². The van der Waals surface area contributed by atoms with E-state index in [2.05, 4.69) is 199 Å². The van der Waals surface area contributed by atoms with Gasteiger partial charge in [0.1, 0.15) is 17.0 Å². The lowest BCUT2D eigenvalue weighted by atomic mass is 9.67. The van der Waals surface area contributed by atoms with E-state index in [-0.39, 0.29) is 5.54 Å². The highest BCUT2D eigenvalue weighted by atomic mass is 15.2. The standard InChI is InChI=1S/C48H39N4/c1-32-26-27-49-46(28-32)52-42-21-10-7-18-38(42)39-25-24-34(30-45(39)52)48(40-19-8-5-16-36(40)37-17-6-9-20-41(37)48)33-14-13-15-35(29-33)50-31-51(47(2,3)4)44-23-12-11-22-43(44)50/h5-31H,1-4H3/q+1. The van der Waals surface area contributed by atoms with Crippen molar-refractivity contribution in [1.29, 1.82) is 0 Å². The van der Waals surface area contributed by atoms with E-state index in [1.165, 1.54) is 60.8 Å². The molecule has 0 N–H and O–H groups in total. The van der Waals surface area contributed by atoms with Crippen LogP contribution in [0.4, 0.5) is 0 Å². The summed E-state index contributed by atoms with van der Waals surface area (Å²) in [6.45, 7) is 8.94. The molecule has 3 heterocycles. The fourth-order valence-corrected chi connectivity index (χ4v) is 8.86. The van der Waals surface area contributed by atoms with Gasteiger partial charge in [0, 0.05) is 17.0 Å². The zero-order valence-corrected chi connectivity index (χ0v) is 29.9. The van der Waals surface area contributed by atoms with Crippen molar-refractivity contribution in [2.24, 2.45) is 0 Å². The molecule has 0 spiro atoms. The molecule has 1 aliphatic carbocycles. The lowest BCUT2D eigenvalue weighted by molar-refractivity contribution is -0.731. The SMILES string of the molecule is Cc1ccnc(-n2c3ccccc3c3ccc(C4(c5cccc(-n6c[n+](C(C)(C)C)c7ccccc76)c5)c5ccccc5-c5ccccc54)cc32)c1. The number of benzene rings is 6. The van der Waals surface area contributed by atoms with Gasteiger partial charge in [0.2, 0.25) is 6.33 Å². The molecular formula is C48H39N4+. The molecule has 0 bridgehead atoms. The van der Waals surface area contributed by atoms with E-state index in [1.54, 1.807) is 0 Å². The maximum atomic E-state index is 4.90. The fourth-order valence-electron chi connectivity index (χ4n) is 8.86. The Morgan fingerprint density at radius 1 is 0.577 bits per heavy atom. The third-order valence-electron chi connectivity index (χ3n) is 11.1. The topological polar surface area (TPSA) is 26.6 Å². The van der Waals surface area contributed by atoms with Crippen LogP contribution in [0.25, 0.3) is 55.5 Å². The average molecular weight is 672 g/mol. The third-order valence-corrected chi connectivity index (χ3v) is 11.1. The van der Waals surface area contributed by atoms with Gasteiger partial charge >= 0.3 is 0 Å². The predicted molar refractivity (Wildman–Crippen MR) is 213 cm³/mol. The molecule has 0 fully saturated rings. The smallest absolute Gasteiger partial charge is 0.250 e. The Kier molecular flexibility index (Phi) is 6.53. The maximum Gasteiger partial charge on any atom is 0.250 e. The number of pyridine rings is 1. The minimum atomic E-state index is -0.568. The molecule has 0 atom stereocenters. The molecule has 250 valence electrons. The van der Waals surface area contributed by atoms with Crippen LogP contribution in [0.5, 0.6) is 0 Å². The molecule has 4 nitrogen and oxygen atoms in total. The van der Waals surface area contributed by atoms with Crippen LogP contribution in [-0.4, -0.2) is 14.1 Å². The molecule has 0 radical (unpaired) electrons. The Balaban J connectivity index is 1.30. The molecule has 0 saturated heterocycles. The van der Waals surface area contributed by atoms with Gasteiger partial charge in [0.25, 0.3) is 0 Å². The number of rotatable bonds is 4. The summed E-state index contributed by atoms with van der Waals surface area (Å²) in [7, 11) is 0. The van der Waals surface area contributed by atoms with Crippen molar-refractivity contribution >= 4 is 32.8 Å². The minimum Gasteiger partial charge on any atom is -0.294 e. The van der Waals surface area contributed by atoms with Crippen LogP contribution in [0.1, 0.15) is 48.6 Å². The van der Waals surface area contributed by atoms with E-state index in [0.29, 0.717) is 0 Å². The first-order valence-corrected chi connectivity index (χ1v) is 18.1. The molecule has 9 aromatic rings. The summed E-state index contributed by atoms with van der Waals surface area (Å²) < 4.78 is 7.08. The van der Waals surface area contributed by atoms with Crippen LogP contribution in [0.15, 0.2) is 164 Å². The van der Waals surface area contributed by atoms with Gasteiger partial charge in [0.15, 0.2) is 11.0 Å². The zero-order chi connectivity index (χ0) is 35.2. The van der Waals surface area contributed by atoms with E-state index in [1.807, 2.05) is 6.20 Å². The second kappa shape index (κ2) is 11.1. The second-order valence-electron chi connectivity index (χ2n) is 15.2. The lowest BCUT2D eigenvalue weighted by Crippen LogP contribution is -2.49. The number of aromatic nitrogens is 4. The first kappa shape index (κ1) is 30.6. The van der Waals surface area contributed by atoms with Crippen LogP contribution < -0.4 is 4.57 Å². The average Bonchev–Trinajstić information content (AvgIpc) is 3.82. The summed E-state index contributed by atoms with van der Waals surface area (Å²) in [5.74, 6) is 0.929. The van der Waals surface area contributed by atoms with E-state index in [4.69, 9.17) is 4.98 Å². The van der Waals surface area contributed by atoms with E-state index >= 15 is 0 Å². The van der Waals surface area contributed by atoms with Crippen LogP contribution in [0, 0.1) is 6.92 Å². The van der Waals surface area contributed by atoms with Gasteiger partial charge in [-0.2, -0.15) is 4.57 Å². The molecule has 4 heteroatoms. The summed E-state index contributed by atoms with van der Waals surface area (Å²) >= 11 is 0. The molecule has 6 aromatic carbocycles. The highest BCUT2D eigenvalue weighted by Crippen LogP contribution is 2.56. The molecular weight excluding hydrogens is 633 g/mol. The quantitative estimate of drug-likeness (QED) is 0.171. The Morgan fingerprint density at radius 3 is 1.98 bits per heavy atom. The molecule has 0 aliphatic heterocycles. The Bertz CT molecular complexity index is 2820. The number of fused-ring (bicyclic) bond motifs is 7. The normalized spacial score (nSPS) is 13.5. The van der Waals surface area contributed by atoms with E-state index < -0.39 is 5.41 Å². The summed E-state index contributed by atoms with van der Waals surface area (Å²) in [4.78, 5) is 4.90. The molecule has 0 saturated carbocycles. The third kappa shape index (κ3) is 4.27. The van der Waals surface area contributed by atoms with Gasteiger partial charge in [-0.25, -0.2) is 9.55 Å². The van der Waals surface area contributed by atoms with Crippen molar-refractivity contribution in [3.8, 4) is 22.6 Å². The Morgan fingerprint density at radius 2 is 1.23 bits per heavy atom. The summed E-state index contributed by atoms with van der Waals surface area (Å²) in [5.41, 5.74) is 14.0. The first-order valence-electron chi connectivity index (χ1n) is 18.1. The summed E-state index contributed by atoms with van der Waals surface area (Å²) in [6.07, 6.45) is 4.19. The van der Waals surface area contributed by atoms with Crippen molar-refractivity contribution < 1.29 is 4.57 Å². The highest BCUT2D eigenvalue weighted by Gasteiger charge is 2.46. The molecule has 3 aromatic heterocycles.